The lowest BCUT2D eigenvalue weighted by molar-refractivity contribution is -0.187. The van der Waals surface area contributed by atoms with Gasteiger partial charge in [-0.1, -0.05) is 64.7 Å². The number of rotatable bonds is 12. The standard InChI is InChI=1S/C18H32O6/c1-2-3-4-5-6-7-8-9-10-11-12-22-18-14(20)16-15(24-18)13(19)17(21)23-16/h13-16,18-20H,2-12H2,1H3/t13-,14+,15-,16-,18+/m1/s1. The van der Waals surface area contributed by atoms with Gasteiger partial charge in [0.05, 0.1) is 0 Å². The van der Waals surface area contributed by atoms with Crippen LogP contribution in [0.1, 0.15) is 71.1 Å². The molecule has 0 amide bonds. The maximum absolute atomic E-state index is 11.2. The van der Waals surface area contributed by atoms with E-state index in [4.69, 9.17) is 14.2 Å². The van der Waals surface area contributed by atoms with E-state index in [1.54, 1.807) is 0 Å². The first-order chi connectivity index (χ1) is 11.6. The molecule has 0 radical (unpaired) electrons. The molecule has 0 aromatic heterocycles. The third-order valence-corrected chi connectivity index (χ3v) is 4.82. The van der Waals surface area contributed by atoms with Gasteiger partial charge in [-0.3, -0.25) is 0 Å². The first-order valence-electron chi connectivity index (χ1n) is 9.49. The molecule has 0 aromatic rings. The molecule has 0 spiro atoms. The van der Waals surface area contributed by atoms with Gasteiger partial charge >= 0.3 is 5.97 Å². The van der Waals surface area contributed by atoms with Gasteiger partial charge in [-0.05, 0) is 6.42 Å². The average molecular weight is 344 g/mol. The zero-order valence-electron chi connectivity index (χ0n) is 14.7. The summed E-state index contributed by atoms with van der Waals surface area (Å²) in [5.41, 5.74) is 0. The van der Waals surface area contributed by atoms with Crippen molar-refractivity contribution in [2.24, 2.45) is 0 Å². The van der Waals surface area contributed by atoms with Crippen LogP contribution in [0.2, 0.25) is 0 Å². The molecule has 2 aliphatic heterocycles. The highest BCUT2D eigenvalue weighted by Gasteiger charge is 2.56. The van der Waals surface area contributed by atoms with E-state index in [1.807, 2.05) is 0 Å². The fraction of sp³-hybridized carbons (Fsp3) is 0.944. The molecule has 0 aromatic carbocycles. The molecule has 2 fully saturated rings. The third kappa shape index (κ3) is 5.41. The van der Waals surface area contributed by atoms with E-state index < -0.39 is 36.7 Å². The van der Waals surface area contributed by atoms with E-state index in [-0.39, 0.29) is 0 Å². The highest BCUT2D eigenvalue weighted by molar-refractivity contribution is 5.78. The molecular weight excluding hydrogens is 312 g/mol. The van der Waals surface area contributed by atoms with Gasteiger partial charge in [0.1, 0.15) is 12.2 Å². The van der Waals surface area contributed by atoms with Crippen molar-refractivity contribution in [1.29, 1.82) is 0 Å². The Hall–Kier alpha value is -0.690. The maximum atomic E-state index is 11.2. The van der Waals surface area contributed by atoms with Crippen LogP contribution in [0.4, 0.5) is 0 Å². The van der Waals surface area contributed by atoms with E-state index in [2.05, 4.69) is 6.92 Å². The van der Waals surface area contributed by atoms with Gasteiger partial charge in [0.2, 0.25) is 0 Å². The Balaban J connectivity index is 1.45. The molecule has 0 saturated carbocycles. The summed E-state index contributed by atoms with van der Waals surface area (Å²) >= 11 is 0. The zero-order valence-corrected chi connectivity index (χ0v) is 14.7. The van der Waals surface area contributed by atoms with Crippen LogP contribution in [0.3, 0.4) is 0 Å². The zero-order chi connectivity index (χ0) is 17.4. The SMILES string of the molecule is CCCCCCCCCCCCO[C@H]1O[C@H]2[C@H](OC(=O)[C@@H]2O)[C@@H]1O. The molecule has 2 heterocycles. The van der Waals surface area contributed by atoms with Crippen molar-refractivity contribution in [2.45, 2.75) is 102 Å². The van der Waals surface area contributed by atoms with Gasteiger partial charge in [-0.2, -0.15) is 0 Å². The lowest BCUT2D eigenvalue weighted by Crippen LogP contribution is -2.33. The summed E-state index contributed by atoms with van der Waals surface area (Å²) in [5, 5.41) is 19.6. The Bertz CT molecular complexity index is 375. The number of carbonyl (C=O) groups is 1. The lowest BCUT2D eigenvalue weighted by Gasteiger charge is -2.17. The first-order valence-corrected chi connectivity index (χ1v) is 9.49. The van der Waals surface area contributed by atoms with Crippen molar-refractivity contribution < 1.29 is 29.2 Å². The van der Waals surface area contributed by atoms with Crippen LogP contribution in [0.5, 0.6) is 0 Å². The number of hydrogen-bond acceptors (Lipinski definition) is 6. The second-order valence-corrected chi connectivity index (χ2v) is 6.86. The third-order valence-electron chi connectivity index (χ3n) is 4.82. The quantitative estimate of drug-likeness (QED) is 0.417. The second-order valence-electron chi connectivity index (χ2n) is 6.86. The Kier molecular flexibility index (Phi) is 8.45. The lowest BCUT2D eigenvalue weighted by atomic mass is 10.1. The van der Waals surface area contributed by atoms with Crippen LogP contribution < -0.4 is 0 Å². The maximum Gasteiger partial charge on any atom is 0.338 e. The first kappa shape index (κ1) is 19.6. The Morgan fingerprint density at radius 3 is 2.08 bits per heavy atom. The number of hydrogen-bond donors (Lipinski definition) is 2. The van der Waals surface area contributed by atoms with Crippen LogP contribution in [0.25, 0.3) is 0 Å². The molecule has 0 unspecified atom stereocenters. The van der Waals surface area contributed by atoms with Crippen LogP contribution in [0.15, 0.2) is 0 Å². The predicted molar refractivity (Wildman–Crippen MR) is 88.4 cm³/mol. The molecule has 5 atom stereocenters. The summed E-state index contributed by atoms with van der Waals surface area (Å²) < 4.78 is 15.8. The number of esters is 1. The van der Waals surface area contributed by atoms with E-state index in [0.29, 0.717) is 6.61 Å². The minimum Gasteiger partial charge on any atom is -0.454 e. The van der Waals surface area contributed by atoms with Crippen LogP contribution in [-0.2, 0) is 19.0 Å². The Morgan fingerprint density at radius 2 is 1.50 bits per heavy atom. The summed E-state index contributed by atoms with van der Waals surface area (Å²) in [4.78, 5) is 11.2. The van der Waals surface area contributed by atoms with Gasteiger partial charge in [0.25, 0.3) is 0 Å². The summed E-state index contributed by atoms with van der Waals surface area (Å²) in [5.74, 6) is -0.739. The predicted octanol–water partition coefficient (Wildman–Crippen LogP) is 2.30. The molecule has 0 aliphatic carbocycles. The van der Waals surface area contributed by atoms with Crippen molar-refractivity contribution in [2.75, 3.05) is 6.61 Å². The number of aliphatic hydroxyl groups is 2. The smallest absolute Gasteiger partial charge is 0.338 e. The molecule has 2 aliphatic rings. The Labute approximate surface area is 144 Å². The largest absolute Gasteiger partial charge is 0.454 e. The van der Waals surface area contributed by atoms with E-state index in [0.717, 1.165) is 12.8 Å². The van der Waals surface area contributed by atoms with Gasteiger partial charge in [0.15, 0.2) is 18.5 Å². The fourth-order valence-electron chi connectivity index (χ4n) is 3.32. The average Bonchev–Trinajstić information content (AvgIpc) is 3.03. The van der Waals surface area contributed by atoms with E-state index in [1.165, 1.54) is 51.4 Å². The van der Waals surface area contributed by atoms with Gasteiger partial charge in [-0.25, -0.2) is 4.79 Å². The number of fused-ring (bicyclic) bond motifs is 1. The summed E-state index contributed by atoms with van der Waals surface area (Å²) in [6.07, 6.45) is 7.69. The van der Waals surface area contributed by atoms with Gasteiger partial charge in [-0.15, -0.1) is 0 Å². The molecule has 24 heavy (non-hydrogen) atoms. The number of ether oxygens (including phenoxy) is 3. The Morgan fingerprint density at radius 1 is 0.917 bits per heavy atom. The van der Waals surface area contributed by atoms with E-state index >= 15 is 0 Å². The van der Waals surface area contributed by atoms with Crippen molar-refractivity contribution >= 4 is 5.97 Å². The number of carbonyl (C=O) groups excluding carboxylic acids is 1. The summed E-state index contributed by atoms with van der Waals surface area (Å²) in [7, 11) is 0. The molecule has 2 N–H and O–H groups in total. The number of aliphatic hydroxyl groups excluding tert-OH is 2. The van der Waals surface area contributed by atoms with Crippen molar-refractivity contribution in [3.63, 3.8) is 0 Å². The highest BCUT2D eigenvalue weighted by Crippen LogP contribution is 2.32. The molecule has 2 saturated heterocycles. The van der Waals surface area contributed by atoms with Crippen molar-refractivity contribution in [3.8, 4) is 0 Å². The normalized spacial score (nSPS) is 32.1. The van der Waals surface area contributed by atoms with E-state index in [9.17, 15) is 15.0 Å². The van der Waals surface area contributed by atoms with Crippen molar-refractivity contribution in [1.82, 2.24) is 0 Å². The highest BCUT2D eigenvalue weighted by atomic mass is 16.7. The molecule has 140 valence electrons. The molecule has 6 heteroatoms. The topological polar surface area (TPSA) is 85.2 Å². The van der Waals surface area contributed by atoms with Gasteiger partial charge in [0, 0.05) is 6.61 Å². The molecule has 6 nitrogen and oxygen atoms in total. The molecular formula is C18H32O6. The molecule has 2 rings (SSSR count). The van der Waals surface area contributed by atoms with Crippen molar-refractivity contribution in [3.05, 3.63) is 0 Å². The fourth-order valence-corrected chi connectivity index (χ4v) is 3.32. The minimum atomic E-state index is -1.32. The second kappa shape index (κ2) is 10.3. The van der Waals surface area contributed by atoms with Crippen LogP contribution in [-0.4, -0.2) is 53.5 Å². The minimum absolute atomic E-state index is 0.502. The summed E-state index contributed by atoms with van der Waals surface area (Å²) in [6.45, 7) is 2.74. The number of unbranched alkanes of at least 4 members (excludes halogenated alkanes) is 9. The molecule has 0 bridgehead atoms. The monoisotopic (exact) mass is 344 g/mol. The van der Waals surface area contributed by atoms with Crippen LogP contribution in [0, 0.1) is 0 Å². The van der Waals surface area contributed by atoms with Crippen LogP contribution >= 0.6 is 0 Å². The van der Waals surface area contributed by atoms with Gasteiger partial charge < -0.3 is 24.4 Å². The summed E-state index contributed by atoms with van der Waals surface area (Å²) in [6, 6.07) is 0.